The van der Waals surface area contributed by atoms with Gasteiger partial charge in [-0.2, -0.15) is 0 Å². The van der Waals surface area contributed by atoms with E-state index in [9.17, 15) is 9.59 Å². The molecule has 6 nitrogen and oxygen atoms in total. The molecule has 1 aromatic carbocycles. The van der Waals surface area contributed by atoms with Crippen LogP contribution in [-0.2, 0) is 14.0 Å². The molecule has 0 aliphatic carbocycles. The van der Waals surface area contributed by atoms with Crippen molar-refractivity contribution >= 4 is 20.2 Å². The topological polar surface area (TPSA) is 59.1 Å². The van der Waals surface area contributed by atoms with Crippen molar-refractivity contribution in [3.05, 3.63) is 71.7 Å². The Hall–Kier alpha value is -2.80. The van der Waals surface area contributed by atoms with E-state index in [1.165, 1.54) is 7.11 Å². The second-order valence-electron chi connectivity index (χ2n) is 9.53. The first-order valence-corrected chi connectivity index (χ1v) is 13.8. The van der Waals surface area contributed by atoms with E-state index < -0.39 is 20.3 Å². The summed E-state index contributed by atoms with van der Waals surface area (Å²) in [6.07, 6.45) is 7.47. The molecule has 7 heteroatoms. The summed E-state index contributed by atoms with van der Waals surface area (Å²) in [4.78, 5) is 26.6. The van der Waals surface area contributed by atoms with Crippen LogP contribution in [0.3, 0.4) is 0 Å². The van der Waals surface area contributed by atoms with Crippen molar-refractivity contribution in [1.82, 2.24) is 10.0 Å². The molecule has 2 heterocycles. The van der Waals surface area contributed by atoms with E-state index in [4.69, 9.17) is 9.16 Å². The highest BCUT2D eigenvalue weighted by atomic mass is 28.4. The molecule has 2 aliphatic rings. The van der Waals surface area contributed by atoms with E-state index in [1.54, 1.807) is 22.2 Å². The van der Waals surface area contributed by atoms with Crippen molar-refractivity contribution in [1.29, 1.82) is 0 Å². The average Bonchev–Trinajstić information content (AvgIpc) is 2.80. The van der Waals surface area contributed by atoms with Crippen LogP contribution in [0, 0.1) is 0 Å². The molecule has 178 valence electrons. The lowest BCUT2D eigenvalue weighted by atomic mass is 10.00. The Morgan fingerprint density at radius 1 is 0.970 bits per heavy atom. The fourth-order valence-electron chi connectivity index (χ4n) is 5.32. The predicted octanol–water partition coefficient (Wildman–Crippen LogP) is 5.43. The van der Waals surface area contributed by atoms with Crippen molar-refractivity contribution in [3.8, 4) is 0 Å². The second-order valence-corrected chi connectivity index (χ2v) is 14.9. The maximum atomic E-state index is 13.6. The van der Waals surface area contributed by atoms with E-state index in [0.29, 0.717) is 33.5 Å². The molecule has 33 heavy (non-hydrogen) atoms. The SMILES string of the molecule is COC(=O)C1=C(O[Si](C(C)C)(C(C)C)C(C)C)CN(C(=O)c2ccccc2)N2C=CC=CC12. The third kappa shape index (κ3) is 4.51. The van der Waals surface area contributed by atoms with Crippen LogP contribution < -0.4 is 0 Å². The molecule has 1 atom stereocenters. The van der Waals surface area contributed by atoms with Crippen molar-refractivity contribution in [3.63, 3.8) is 0 Å². The summed E-state index contributed by atoms with van der Waals surface area (Å²) >= 11 is 0. The maximum Gasteiger partial charge on any atom is 0.339 e. The lowest BCUT2D eigenvalue weighted by Crippen LogP contribution is -2.57. The summed E-state index contributed by atoms with van der Waals surface area (Å²) < 4.78 is 12.2. The van der Waals surface area contributed by atoms with Crippen LogP contribution in [-0.4, -0.2) is 49.9 Å². The molecule has 0 N–H and O–H groups in total. The van der Waals surface area contributed by atoms with Gasteiger partial charge in [0.1, 0.15) is 17.4 Å². The number of amides is 1. The van der Waals surface area contributed by atoms with Gasteiger partial charge < -0.3 is 9.16 Å². The minimum atomic E-state index is -2.38. The zero-order valence-corrected chi connectivity index (χ0v) is 21.7. The molecule has 0 radical (unpaired) electrons. The molecular weight excluding hydrogens is 432 g/mol. The van der Waals surface area contributed by atoms with Gasteiger partial charge in [0.05, 0.1) is 13.7 Å². The second kappa shape index (κ2) is 9.99. The Bertz CT molecular complexity index is 944. The van der Waals surface area contributed by atoms with Crippen LogP contribution in [0.4, 0.5) is 0 Å². The summed E-state index contributed by atoms with van der Waals surface area (Å²) in [5.74, 6) is -0.0162. The molecule has 0 fully saturated rings. The number of benzene rings is 1. The molecule has 0 aromatic heterocycles. The van der Waals surface area contributed by atoms with E-state index in [1.807, 2.05) is 42.6 Å². The first-order chi connectivity index (χ1) is 15.6. The summed E-state index contributed by atoms with van der Waals surface area (Å²) in [6.45, 7) is 13.4. The molecular formula is C26H36N2O4Si. The van der Waals surface area contributed by atoms with Gasteiger partial charge in [-0.25, -0.2) is 9.80 Å². The lowest BCUT2D eigenvalue weighted by Gasteiger charge is -2.48. The quantitative estimate of drug-likeness (QED) is 0.394. The molecule has 1 amide bonds. The summed E-state index contributed by atoms with van der Waals surface area (Å²) in [6, 6.07) is 8.71. The van der Waals surface area contributed by atoms with E-state index in [0.717, 1.165) is 0 Å². The zero-order chi connectivity index (χ0) is 24.3. The Balaban J connectivity index is 2.16. The normalized spacial score (nSPS) is 18.3. The molecule has 0 saturated carbocycles. The highest BCUT2D eigenvalue weighted by molar-refractivity contribution is 6.77. The first kappa shape index (κ1) is 24.8. The van der Waals surface area contributed by atoms with Gasteiger partial charge in [0, 0.05) is 11.8 Å². The number of nitrogens with zero attached hydrogens (tertiary/aromatic N) is 2. The van der Waals surface area contributed by atoms with Crippen LogP contribution in [0.25, 0.3) is 0 Å². The molecule has 2 aliphatic heterocycles. The third-order valence-corrected chi connectivity index (χ3v) is 12.8. The summed E-state index contributed by atoms with van der Waals surface area (Å²) in [5, 5.41) is 3.47. The van der Waals surface area contributed by atoms with Gasteiger partial charge in [0.2, 0.25) is 0 Å². The van der Waals surface area contributed by atoms with E-state index in [2.05, 4.69) is 41.5 Å². The number of hydrogen-bond acceptors (Lipinski definition) is 5. The van der Waals surface area contributed by atoms with Crippen LogP contribution >= 0.6 is 0 Å². The molecule has 1 aromatic rings. The van der Waals surface area contributed by atoms with Crippen LogP contribution in [0.5, 0.6) is 0 Å². The van der Waals surface area contributed by atoms with Crippen molar-refractivity contribution in [2.24, 2.45) is 0 Å². The highest BCUT2D eigenvalue weighted by Gasteiger charge is 2.50. The minimum Gasteiger partial charge on any atom is -0.544 e. The highest BCUT2D eigenvalue weighted by Crippen LogP contribution is 2.45. The minimum absolute atomic E-state index is 0.142. The van der Waals surface area contributed by atoms with Crippen molar-refractivity contribution in [2.75, 3.05) is 13.7 Å². The third-order valence-electron chi connectivity index (χ3n) is 6.76. The number of allylic oxidation sites excluding steroid dienone is 2. The molecule has 0 bridgehead atoms. The lowest BCUT2D eigenvalue weighted by molar-refractivity contribution is -0.138. The van der Waals surface area contributed by atoms with Crippen LogP contribution in [0.15, 0.2) is 66.1 Å². The number of carbonyl (C=O) groups is 2. The molecule has 1 unspecified atom stereocenters. The number of carbonyl (C=O) groups excluding carboxylic acids is 2. The van der Waals surface area contributed by atoms with Crippen molar-refractivity contribution < 1.29 is 18.8 Å². The fourth-order valence-corrected chi connectivity index (χ4v) is 10.6. The number of fused-ring (bicyclic) bond motifs is 1. The van der Waals surface area contributed by atoms with Gasteiger partial charge >= 0.3 is 5.97 Å². The molecule has 0 spiro atoms. The molecule has 0 saturated heterocycles. The largest absolute Gasteiger partial charge is 0.544 e. The standard InChI is InChI=1S/C26H36N2O4Si/c1-18(2)33(19(3)4,20(5)6)32-23-17-28(25(29)21-13-9-8-10-14-21)27-16-12-11-15-22(27)24(23)26(30)31-7/h8-16,18-20,22H,17H2,1-7H3. The predicted molar refractivity (Wildman–Crippen MR) is 133 cm³/mol. The Morgan fingerprint density at radius 3 is 2.12 bits per heavy atom. The first-order valence-electron chi connectivity index (χ1n) is 11.7. The fraction of sp³-hybridized carbons (Fsp3) is 0.462. The van der Waals surface area contributed by atoms with Crippen LogP contribution in [0.2, 0.25) is 16.6 Å². The number of hydrazine groups is 1. The maximum absolute atomic E-state index is 13.6. The summed E-state index contributed by atoms with van der Waals surface area (Å²) in [7, 11) is -0.992. The zero-order valence-electron chi connectivity index (χ0n) is 20.7. The van der Waals surface area contributed by atoms with Gasteiger partial charge in [-0.15, -0.1) is 0 Å². The Labute approximate surface area is 198 Å². The monoisotopic (exact) mass is 468 g/mol. The van der Waals surface area contributed by atoms with Gasteiger partial charge in [-0.05, 0) is 34.8 Å². The molecule has 3 rings (SSSR count). The van der Waals surface area contributed by atoms with Crippen LogP contribution in [0.1, 0.15) is 51.9 Å². The van der Waals surface area contributed by atoms with Crippen molar-refractivity contribution in [2.45, 2.75) is 64.2 Å². The number of methoxy groups -OCH3 is 1. The average molecular weight is 469 g/mol. The number of esters is 1. The van der Waals surface area contributed by atoms with Gasteiger partial charge in [-0.1, -0.05) is 71.9 Å². The van der Waals surface area contributed by atoms with E-state index in [-0.39, 0.29) is 12.5 Å². The number of rotatable bonds is 7. The number of hydrogen-bond donors (Lipinski definition) is 0. The van der Waals surface area contributed by atoms with E-state index >= 15 is 0 Å². The Kier molecular flexibility index (Phi) is 7.52. The summed E-state index contributed by atoms with van der Waals surface area (Å²) in [5.41, 5.74) is 2.01. The Morgan fingerprint density at radius 2 is 1.58 bits per heavy atom. The van der Waals surface area contributed by atoms with Gasteiger partial charge in [0.25, 0.3) is 14.2 Å². The van der Waals surface area contributed by atoms with Gasteiger partial charge in [-0.3, -0.25) is 9.80 Å². The number of ether oxygens (including phenoxy) is 1. The van der Waals surface area contributed by atoms with Gasteiger partial charge in [0.15, 0.2) is 0 Å². The smallest absolute Gasteiger partial charge is 0.339 e.